The summed E-state index contributed by atoms with van der Waals surface area (Å²) in [5.41, 5.74) is 3.56. The normalized spacial score (nSPS) is 10.7. The number of likely N-dealkylation sites (N-methyl/N-ethyl adjacent to an activating group) is 1. The molecule has 1 aromatic rings. The van der Waals surface area contributed by atoms with Crippen molar-refractivity contribution in [3.05, 3.63) is 11.4 Å². The van der Waals surface area contributed by atoms with E-state index in [0.717, 1.165) is 36.7 Å². The molecular weight excluding hydrogens is 216 g/mol. The summed E-state index contributed by atoms with van der Waals surface area (Å²) in [7, 11) is 4.08. The van der Waals surface area contributed by atoms with Crippen LogP contribution in [0, 0.1) is 6.92 Å². The van der Waals surface area contributed by atoms with Gasteiger partial charge < -0.3 is 15.6 Å². The molecule has 0 saturated heterocycles. The number of rotatable bonds is 6. The number of nitrogens with two attached hydrogens (primary N) is 1. The highest BCUT2D eigenvalue weighted by Gasteiger charge is 2.08. The summed E-state index contributed by atoms with van der Waals surface area (Å²) in [5.74, 6) is 7.77. The lowest BCUT2D eigenvalue weighted by atomic mass is 10.3. The molecule has 0 aliphatic carbocycles. The van der Waals surface area contributed by atoms with E-state index < -0.39 is 0 Å². The summed E-state index contributed by atoms with van der Waals surface area (Å²) in [6.45, 7) is 5.77. The lowest BCUT2D eigenvalue weighted by molar-refractivity contribution is 0.425. The predicted octanol–water partition coefficient (Wildman–Crippen LogP) is 0.607. The molecule has 0 aliphatic rings. The Morgan fingerprint density at radius 2 is 1.88 bits per heavy atom. The Morgan fingerprint density at radius 3 is 2.41 bits per heavy atom. The van der Waals surface area contributed by atoms with Crippen molar-refractivity contribution in [1.29, 1.82) is 0 Å². The number of nitrogens with zero attached hydrogens (tertiary/aromatic N) is 3. The van der Waals surface area contributed by atoms with Crippen LogP contribution in [0.1, 0.15) is 18.3 Å². The number of nitrogen functional groups attached to an aromatic ring is 1. The van der Waals surface area contributed by atoms with Gasteiger partial charge in [-0.3, -0.25) is 0 Å². The van der Waals surface area contributed by atoms with E-state index in [1.165, 1.54) is 0 Å². The lowest BCUT2D eigenvalue weighted by Gasteiger charge is -2.15. The van der Waals surface area contributed by atoms with Gasteiger partial charge in [0.1, 0.15) is 17.5 Å². The van der Waals surface area contributed by atoms with Gasteiger partial charge >= 0.3 is 0 Å². The average molecular weight is 238 g/mol. The van der Waals surface area contributed by atoms with Crippen molar-refractivity contribution in [3.8, 4) is 0 Å². The van der Waals surface area contributed by atoms with Crippen molar-refractivity contribution in [1.82, 2.24) is 14.9 Å². The van der Waals surface area contributed by atoms with E-state index in [1.54, 1.807) is 0 Å². The van der Waals surface area contributed by atoms with Gasteiger partial charge in [-0.2, -0.15) is 0 Å². The quantitative estimate of drug-likeness (QED) is 0.498. The first-order valence-electron chi connectivity index (χ1n) is 5.81. The number of hydrazine groups is 1. The molecule has 6 heteroatoms. The SMILES string of the molecule is CCc1nc(NN)c(C)c(NCCN(C)C)n1. The Labute approximate surface area is 103 Å². The van der Waals surface area contributed by atoms with Crippen LogP contribution in [0.3, 0.4) is 0 Å². The molecule has 4 N–H and O–H groups in total. The molecule has 0 radical (unpaired) electrons. The van der Waals surface area contributed by atoms with Crippen molar-refractivity contribution >= 4 is 11.6 Å². The van der Waals surface area contributed by atoms with Crippen molar-refractivity contribution in [2.24, 2.45) is 5.84 Å². The molecule has 0 amide bonds. The van der Waals surface area contributed by atoms with Gasteiger partial charge in [0.25, 0.3) is 0 Å². The highest BCUT2D eigenvalue weighted by atomic mass is 15.3. The number of aryl methyl sites for hydroxylation is 1. The van der Waals surface area contributed by atoms with Crippen LogP contribution in [-0.2, 0) is 6.42 Å². The van der Waals surface area contributed by atoms with E-state index in [-0.39, 0.29) is 0 Å². The van der Waals surface area contributed by atoms with E-state index in [1.807, 2.05) is 27.9 Å². The zero-order chi connectivity index (χ0) is 12.8. The molecule has 0 unspecified atom stereocenters. The molecule has 0 fully saturated rings. The Morgan fingerprint density at radius 1 is 1.24 bits per heavy atom. The van der Waals surface area contributed by atoms with Gasteiger partial charge in [-0.25, -0.2) is 15.8 Å². The second-order valence-corrected chi connectivity index (χ2v) is 4.19. The monoisotopic (exact) mass is 238 g/mol. The maximum Gasteiger partial charge on any atom is 0.148 e. The molecule has 0 aromatic carbocycles. The minimum atomic E-state index is 0.684. The predicted molar refractivity (Wildman–Crippen MR) is 71.0 cm³/mol. The van der Waals surface area contributed by atoms with Crippen LogP contribution >= 0.6 is 0 Å². The molecule has 0 atom stereocenters. The van der Waals surface area contributed by atoms with Gasteiger partial charge in [0.05, 0.1) is 0 Å². The standard InChI is InChI=1S/C11H22N6/c1-5-9-14-10(13-6-7-17(3)4)8(2)11(15-9)16-12/h5-7,12H2,1-4H3,(H2,13,14,15,16). The molecule has 1 rings (SSSR count). The van der Waals surface area contributed by atoms with Gasteiger partial charge in [-0.1, -0.05) is 6.92 Å². The van der Waals surface area contributed by atoms with Crippen LogP contribution in [0.5, 0.6) is 0 Å². The number of anilines is 2. The zero-order valence-corrected chi connectivity index (χ0v) is 11.0. The Balaban J connectivity index is 2.82. The van der Waals surface area contributed by atoms with Crippen molar-refractivity contribution < 1.29 is 0 Å². The topological polar surface area (TPSA) is 79.1 Å². The molecule has 1 heterocycles. The smallest absolute Gasteiger partial charge is 0.148 e. The van der Waals surface area contributed by atoms with Crippen molar-refractivity contribution in [2.75, 3.05) is 37.9 Å². The van der Waals surface area contributed by atoms with Crippen LogP contribution in [0.2, 0.25) is 0 Å². The number of hydrogen-bond acceptors (Lipinski definition) is 6. The molecule has 0 aliphatic heterocycles. The largest absolute Gasteiger partial charge is 0.368 e. The van der Waals surface area contributed by atoms with Gasteiger partial charge in [-0.15, -0.1) is 0 Å². The highest BCUT2D eigenvalue weighted by Crippen LogP contribution is 2.18. The summed E-state index contributed by atoms with van der Waals surface area (Å²) in [5, 5.41) is 3.31. The molecule has 0 spiro atoms. The maximum absolute atomic E-state index is 5.44. The molecule has 1 aromatic heterocycles. The molecular formula is C11H22N6. The number of hydrogen-bond donors (Lipinski definition) is 3. The summed E-state index contributed by atoms with van der Waals surface area (Å²) >= 11 is 0. The number of aromatic nitrogens is 2. The third-order valence-electron chi connectivity index (χ3n) is 2.50. The summed E-state index contributed by atoms with van der Waals surface area (Å²) in [6, 6.07) is 0. The Bertz CT molecular complexity index is 363. The molecule has 6 nitrogen and oxygen atoms in total. The van der Waals surface area contributed by atoms with Crippen LogP contribution in [-0.4, -0.2) is 42.1 Å². The van der Waals surface area contributed by atoms with Crippen LogP contribution in [0.15, 0.2) is 0 Å². The first-order chi connectivity index (χ1) is 8.08. The van der Waals surface area contributed by atoms with Crippen LogP contribution < -0.4 is 16.6 Å². The molecule has 96 valence electrons. The lowest BCUT2D eigenvalue weighted by Crippen LogP contribution is -2.22. The summed E-state index contributed by atoms with van der Waals surface area (Å²) < 4.78 is 0. The van der Waals surface area contributed by atoms with Gasteiger partial charge in [-0.05, 0) is 21.0 Å². The first-order valence-corrected chi connectivity index (χ1v) is 5.81. The minimum Gasteiger partial charge on any atom is -0.368 e. The van der Waals surface area contributed by atoms with Gasteiger partial charge in [0, 0.05) is 25.1 Å². The highest BCUT2D eigenvalue weighted by molar-refractivity contribution is 5.56. The zero-order valence-electron chi connectivity index (χ0n) is 11.0. The fourth-order valence-corrected chi connectivity index (χ4v) is 1.43. The fourth-order valence-electron chi connectivity index (χ4n) is 1.43. The molecule has 17 heavy (non-hydrogen) atoms. The van der Waals surface area contributed by atoms with Crippen LogP contribution in [0.4, 0.5) is 11.6 Å². The summed E-state index contributed by atoms with van der Waals surface area (Å²) in [4.78, 5) is 10.9. The van der Waals surface area contributed by atoms with E-state index in [9.17, 15) is 0 Å². The maximum atomic E-state index is 5.44. The minimum absolute atomic E-state index is 0.684. The van der Waals surface area contributed by atoms with Gasteiger partial charge in [0.15, 0.2) is 0 Å². The van der Waals surface area contributed by atoms with Crippen molar-refractivity contribution in [2.45, 2.75) is 20.3 Å². The summed E-state index contributed by atoms with van der Waals surface area (Å²) in [6.07, 6.45) is 0.789. The second kappa shape index (κ2) is 6.36. The second-order valence-electron chi connectivity index (χ2n) is 4.19. The third kappa shape index (κ3) is 3.83. The molecule has 0 saturated carbocycles. The van der Waals surface area contributed by atoms with E-state index in [0.29, 0.717) is 5.82 Å². The van der Waals surface area contributed by atoms with E-state index in [2.05, 4.69) is 25.6 Å². The van der Waals surface area contributed by atoms with E-state index >= 15 is 0 Å². The average Bonchev–Trinajstić information content (AvgIpc) is 2.31. The van der Waals surface area contributed by atoms with Crippen molar-refractivity contribution in [3.63, 3.8) is 0 Å². The third-order valence-corrected chi connectivity index (χ3v) is 2.50. The van der Waals surface area contributed by atoms with Gasteiger partial charge in [0.2, 0.25) is 0 Å². The number of nitrogens with one attached hydrogen (secondary N) is 2. The van der Waals surface area contributed by atoms with Crippen LogP contribution in [0.25, 0.3) is 0 Å². The Hall–Kier alpha value is -1.40. The first kappa shape index (κ1) is 13.7. The Kier molecular flexibility index (Phi) is 5.11. The van der Waals surface area contributed by atoms with E-state index in [4.69, 9.17) is 5.84 Å². The molecule has 0 bridgehead atoms. The fraction of sp³-hybridized carbons (Fsp3) is 0.636.